The van der Waals surface area contributed by atoms with E-state index >= 15 is 0 Å². The Bertz CT molecular complexity index is 300. The molecule has 1 aromatic carbocycles. The van der Waals surface area contributed by atoms with Crippen molar-refractivity contribution in [2.45, 2.75) is 18.6 Å². The largest absolute Gasteiger partial charge is 0.391 e. The van der Waals surface area contributed by atoms with Gasteiger partial charge in [0.25, 0.3) is 0 Å². The number of hydrogen-bond donors (Lipinski definition) is 1. The summed E-state index contributed by atoms with van der Waals surface area (Å²) in [6.45, 7) is -0.246. The van der Waals surface area contributed by atoms with Crippen molar-refractivity contribution in [1.82, 2.24) is 0 Å². The quantitative estimate of drug-likeness (QED) is 0.793. The van der Waals surface area contributed by atoms with E-state index in [0.29, 0.717) is 0 Å². The van der Waals surface area contributed by atoms with Gasteiger partial charge < -0.3 is 10.5 Å². The van der Waals surface area contributed by atoms with Crippen molar-refractivity contribution >= 4 is 0 Å². The number of alkyl halides is 3. The van der Waals surface area contributed by atoms with Gasteiger partial charge in [0.05, 0.1) is 25.7 Å². The molecule has 0 heterocycles. The fourth-order valence-electron chi connectivity index (χ4n) is 1.19. The minimum atomic E-state index is -4.17. The number of benzene rings is 1. The van der Waals surface area contributed by atoms with Gasteiger partial charge in [-0.25, -0.2) is 0 Å². The van der Waals surface area contributed by atoms with Crippen LogP contribution in [0.25, 0.3) is 0 Å². The predicted molar refractivity (Wildman–Crippen MR) is 54.9 cm³/mol. The summed E-state index contributed by atoms with van der Waals surface area (Å²) in [6.07, 6.45) is -5.11. The van der Waals surface area contributed by atoms with E-state index < -0.39 is 12.6 Å². The fraction of sp³-hybridized carbons (Fsp3) is 0.455. The standard InChI is InChI=1S/C11H14F3NO/c12-11(13,14)6-7-16-8-10(15)9-4-2-1-3-5-9/h1-5,10H,6-8,15H2. The van der Waals surface area contributed by atoms with Gasteiger partial charge >= 0.3 is 6.18 Å². The van der Waals surface area contributed by atoms with Crippen LogP contribution in [0.3, 0.4) is 0 Å². The van der Waals surface area contributed by atoms with Crippen molar-refractivity contribution in [3.8, 4) is 0 Å². The summed E-state index contributed by atoms with van der Waals surface area (Å²) in [5.41, 5.74) is 6.59. The monoisotopic (exact) mass is 233 g/mol. The first-order valence-electron chi connectivity index (χ1n) is 4.94. The molecule has 0 aliphatic carbocycles. The highest BCUT2D eigenvalue weighted by Crippen LogP contribution is 2.19. The lowest BCUT2D eigenvalue weighted by Gasteiger charge is -2.13. The summed E-state index contributed by atoms with van der Waals surface area (Å²) in [5, 5.41) is 0. The fourth-order valence-corrected chi connectivity index (χ4v) is 1.19. The summed E-state index contributed by atoms with van der Waals surface area (Å²) in [4.78, 5) is 0. The molecule has 0 radical (unpaired) electrons. The molecule has 0 fully saturated rings. The van der Waals surface area contributed by atoms with Gasteiger partial charge in [0.15, 0.2) is 0 Å². The van der Waals surface area contributed by atoms with Crippen LogP contribution in [0.15, 0.2) is 30.3 Å². The summed E-state index contributed by atoms with van der Waals surface area (Å²) >= 11 is 0. The second-order valence-corrected chi connectivity index (χ2v) is 3.46. The van der Waals surface area contributed by atoms with Crippen molar-refractivity contribution in [3.05, 3.63) is 35.9 Å². The first-order chi connectivity index (χ1) is 7.49. The van der Waals surface area contributed by atoms with Crippen molar-refractivity contribution in [3.63, 3.8) is 0 Å². The van der Waals surface area contributed by atoms with Crippen molar-refractivity contribution < 1.29 is 17.9 Å². The minimum Gasteiger partial charge on any atom is -0.379 e. The molecule has 90 valence electrons. The lowest BCUT2D eigenvalue weighted by Crippen LogP contribution is -2.19. The maximum Gasteiger partial charge on any atom is 0.391 e. The highest BCUT2D eigenvalue weighted by Gasteiger charge is 2.26. The minimum absolute atomic E-state index is 0.0973. The Morgan fingerprint density at radius 2 is 1.81 bits per heavy atom. The Morgan fingerprint density at radius 1 is 1.19 bits per heavy atom. The van der Waals surface area contributed by atoms with Gasteiger partial charge in [0, 0.05) is 0 Å². The summed E-state index contributed by atoms with van der Waals surface area (Å²) in [7, 11) is 0. The molecule has 0 saturated carbocycles. The average Bonchev–Trinajstić information content (AvgIpc) is 2.24. The van der Waals surface area contributed by atoms with E-state index in [9.17, 15) is 13.2 Å². The number of rotatable bonds is 5. The topological polar surface area (TPSA) is 35.2 Å². The van der Waals surface area contributed by atoms with Crippen LogP contribution in [0, 0.1) is 0 Å². The molecular formula is C11H14F3NO. The van der Waals surface area contributed by atoms with Crippen molar-refractivity contribution in [2.24, 2.45) is 5.73 Å². The van der Waals surface area contributed by atoms with Crippen LogP contribution in [0.2, 0.25) is 0 Å². The van der Waals surface area contributed by atoms with E-state index in [-0.39, 0.29) is 19.3 Å². The molecular weight excluding hydrogens is 219 g/mol. The van der Waals surface area contributed by atoms with Gasteiger partial charge in [-0.15, -0.1) is 0 Å². The van der Waals surface area contributed by atoms with E-state index in [1.165, 1.54) is 0 Å². The van der Waals surface area contributed by atoms with Crippen LogP contribution < -0.4 is 5.73 Å². The molecule has 5 heteroatoms. The molecule has 1 unspecified atom stereocenters. The number of ether oxygens (including phenoxy) is 1. The van der Waals surface area contributed by atoms with Crippen LogP contribution in [-0.4, -0.2) is 19.4 Å². The third kappa shape index (κ3) is 5.14. The molecule has 0 aliphatic heterocycles. The Kier molecular flexibility index (Phi) is 4.76. The van der Waals surface area contributed by atoms with E-state index in [2.05, 4.69) is 0 Å². The maximum absolute atomic E-state index is 11.8. The van der Waals surface area contributed by atoms with E-state index in [0.717, 1.165) is 5.56 Å². The van der Waals surface area contributed by atoms with Crippen LogP contribution in [0.4, 0.5) is 13.2 Å². The molecule has 0 amide bonds. The zero-order valence-corrected chi connectivity index (χ0v) is 8.70. The van der Waals surface area contributed by atoms with E-state index in [4.69, 9.17) is 10.5 Å². The summed E-state index contributed by atoms with van der Waals surface area (Å²) in [5.74, 6) is 0. The van der Waals surface area contributed by atoms with E-state index in [1.54, 1.807) is 0 Å². The molecule has 0 spiro atoms. The Morgan fingerprint density at radius 3 is 2.38 bits per heavy atom. The molecule has 1 rings (SSSR count). The van der Waals surface area contributed by atoms with Crippen LogP contribution in [0.5, 0.6) is 0 Å². The third-order valence-electron chi connectivity index (χ3n) is 2.06. The molecule has 0 aromatic heterocycles. The van der Waals surface area contributed by atoms with Crippen molar-refractivity contribution in [2.75, 3.05) is 13.2 Å². The molecule has 0 aliphatic rings. The SMILES string of the molecule is NC(COCCC(F)(F)F)c1ccccc1. The molecule has 1 aromatic rings. The lowest BCUT2D eigenvalue weighted by atomic mass is 10.1. The third-order valence-corrected chi connectivity index (χ3v) is 2.06. The maximum atomic E-state index is 11.8. The van der Waals surface area contributed by atoms with Gasteiger partial charge in [0.1, 0.15) is 0 Å². The first-order valence-corrected chi connectivity index (χ1v) is 4.94. The number of halogens is 3. The number of nitrogens with two attached hydrogens (primary N) is 1. The Balaban J connectivity index is 2.24. The highest BCUT2D eigenvalue weighted by atomic mass is 19.4. The van der Waals surface area contributed by atoms with Gasteiger partial charge in [-0.3, -0.25) is 0 Å². The van der Waals surface area contributed by atoms with E-state index in [1.807, 2.05) is 30.3 Å². The zero-order chi connectivity index (χ0) is 12.0. The Hall–Kier alpha value is -1.07. The van der Waals surface area contributed by atoms with Gasteiger partial charge in [-0.05, 0) is 5.56 Å². The molecule has 2 N–H and O–H groups in total. The van der Waals surface area contributed by atoms with Gasteiger partial charge in [-0.1, -0.05) is 30.3 Å². The second-order valence-electron chi connectivity index (χ2n) is 3.46. The lowest BCUT2D eigenvalue weighted by molar-refractivity contribution is -0.145. The second kappa shape index (κ2) is 5.86. The molecule has 0 saturated heterocycles. The zero-order valence-electron chi connectivity index (χ0n) is 8.70. The first kappa shape index (κ1) is 13.0. The number of hydrogen-bond acceptors (Lipinski definition) is 2. The molecule has 16 heavy (non-hydrogen) atoms. The van der Waals surface area contributed by atoms with Crippen molar-refractivity contribution in [1.29, 1.82) is 0 Å². The van der Waals surface area contributed by atoms with Gasteiger partial charge in [0.2, 0.25) is 0 Å². The van der Waals surface area contributed by atoms with Crippen LogP contribution >= 0.6 is 0 Å². The average molecular weight is 233 g/mol. The Labute approximate surface area is 92.2 Å². The normalized spacial score (nSPS) is 13.8. The predicted octanol–water partition coefficient (Wildman–Crippen LogP) is 2.66. The summed E-state index contributed by atoms with van der Waals surface area (Å²) in [6, 6.07) is 8.75. The molecule has 2 nitrogen and oxygen atoms in total. The molecule has 0 bridgehead atoms. The molecule has 1 atom stereocenters. The summed E-state index contributed by atoms with van der Waals surface area (Å²) < 4.78 is 40.3. The van der Waals surface area contributed by atoms with Gasteiger partial charge in [-0.2, -0.15) is 13.2 Å². The highest BCUT2D eigenvalue weighted by molar-refractivity contribution is 5.18. The van der Waals surface area contributed by atoms with Crippen LogP contribution in [0.1, 0.15) is 18.0 Å². The smallest absolute Gasteiger partial charge is 0.379 e. The van der Waals surface area contributed by atoms with Crippen LogP contribution in [-0.2, 0) is 4.74 Å².